The van der Waals surface area contributed by atoms with Crippen molar-refractivity contribution < 1.29 is 14.6 Å². The van der Waals surface area contributed by atoms with Gasteiger partial charge in [0.05, 0.1) is 6.10 Å². The summed E-state index contributed by atoms with van der Waals surface area (Å²) in [5.74, 6) is 0.165. The van der Waals surface area contributed by atoms with Crippen LogP contribution in [0, 0.1) is 5.92 Å². The van der Waals surface area contributed by atoms with Crippen molar-refractivity contribution in [3.63, 3.8) is 0 Å². The molecule has 1 amide bonds. The van der Waals surface area contributed by atoms with Crippen molar-refractivity contribution in [2.75, 3.05) is 13.1 Å². The molecule has 1 N–H and O–H groups in total. The number of aliphatic hydroxyl groups excluding tert-OH is 1. The molecule has 0 radical (unpaired) electrons. The minimum Gasteiger partial charge on any atom is -0.445 e. The summed E-state index contributed by atoms with van der Waals surface area (Å²) in [6.07, 6.45) is 1.25. The van der Waals surface area contributed by atoms with E-state index in [0.717, 1.165) is 24.9 Å². The van der Waals surface area contributed by atoms with Gasteiger partial charge in [0.15, 0.2) is 0 Å². The molecule has 1 heterocycles. The average molecular weight is 263 g/mol. The van der Waals surface area contributed by atoms with Crippen LogP contribution < -0.4 is 0 Å². The number of nitrogens with zero attached hydrogens (tertiary/aromatic N) is 1. The third kappa shape index (κ3) is 3.96. The van der Waals surface area contributed by atoms with Gasteiger partial charge in [-0.1, -0.05) is 30.3 Å². The number of hydrogen-bond acceptors (Lipinski definition) is 3. The molecule has 1 unspecified atom stereocenters. The SMILES string of the molecule is C[C@H](O)C1CCCN(C(=O)OCc2ccccc2)C1. The van der Waals surface area contributed by atoms with Gasteiger partial charge in [0, 0.05) is 19.0 Å². The molecule has 2 rings (SSSR count). The van der Waals surface area contributed by atoms with E-state index in [0.29, 0.717) is 13.2 Å². The number of rotatable bonds is 3. The first-order chi connectivity index (χ1) is 9.16. The summed E-state index contributed by atoms with van der Waals surface area (Å²) in [7, 11) is 0. The fraction of sp³-hybridized carbons (Fsp3) is 0.533. The quantitative estimate of drug-likeness (QED) is 0.911. The zero-order valence-corrected chi connectivity index (χ0v) is 11.3. The van der Waals surface area contributed by atoms with E-state index in [-0.39, 0.29) is 18.1 Å². The number of carbonyl (C=O) groups excluding carboxylic acids is 1. The number of amides is 1. The fourth-order valence-electron chi connectivity index (χ4n) is 2.38. The number of likely N-dealkylation sites (tertiary alicyclic amines) is 1. The number of aliphatic hydroxyl groups is 1. The Balaban J connectivity index is 1.83. The van der Waals surface area contributed by atoms with E-state index in [1.165, 1.54) is 0 Å². The van der Waals surface area contributed by atoms with Crippen molar-refractivity contribution in [2.24, 2.45) is 5.92 Å². The molecule has 1 aliphatic heterocycles. The molecule has 1 saturated heterocycles. The molecule has 1 aliphatic rings. The van der Waals surface area contributed by atoms with E-state index >= 15 is 0 Å². The van der Waals surface area contributed by atoms with Crippen LogP contribution in [0.5, 0.6) is 0 Å². The van der Waals surface area contributed by atoms with Crippen molar-refractivity contribution in [3.8, 4) is 0 Å². The Bertz CT molecular complexity index is 405. The second-order valence-corrected chi connectivity index (χ2v) is 5.13. The van der Waals surface area contributed by atoms with Gasteiger partial charge >= 0.3 is 6.09 Å². The summed E-state index contributed by atoms with van der Waals surface area (Å²) < 4.78 is 5.30. The van der Waals surface area contributed by atoms with Crippen molar-refractivity contribution >= 4 is 6.09 Å². The van der Waals surface area contributed by atoms with Crippen molar-refractivity contribution in [1.82, 2.24) is 4.90 Å². The number of ether oxygens (including phenoxy) is 1. The average Bonchev–Trinajstić information content (AvgIpc) is 2.46. The van der Waals surface area contributed by atoms with Gasteiger partial charge in [-0.05, 0) is 25.3 Å². The molecule has 1 aromatic rings. The first-order valence-electron chi connectivity index (χ1n) is 6.80. The second kappa shape index (κ2) is 6.57. The van der Waals surface area contributed by atoms with Gasteiger partial charge < -0.3 is 14.7 Å². The van der Waals surface area contributed by atoms with Crippen LogP contribution in [0.3, 0.4) is 0 Å². The molecule has 104 valence electrons. The summed E-state index contributed by atoms with van der Waals surface area (Å²) in [5, 5.41) is 9.61. The molecule has 4 nitrogen and oxygen atoms in total. The summed E-state index contributed by atoms with van der Waals surface area (Å²) in [6, 6.07) is 9.65. The van der Waals surface area contributed by atoms with E-state index in [1.807, 2.05) is 30.3 Å². The lowest BCUT2D eigenvalue weighted by Crippen LogP contribution is -2.43. The van der Waals surface area contributed by atoms with E-state index in [1.54, 1.807) is 11.8 Å². The highest BCUT2D eigenvalue weighted by Crippen LogP contribution is 2.20. The van der Waals surface area contributed by atoms with Crippen molar-refractivity contribution in [3.05, 3.63) is 35.9 Å². The highest BCUT2D eigenvalue weighted by atomic mass is 16.6. The molecule has 2 atom stereocenters. The lowest BCUT2D eigenvalue weighted by Gasteiger charge is -2.33. The molecule has 4 heteroatoms. The Morgan fingerprint density at radius 1 is 1.47 bits per heavy atom. The Hall–Kier alpha value is -1.55. The van der Waals surface area contributed by atoms with Gasteiger partial charge in [-0.2, -0.15) is 0 Å². The maximum atomic E-state index is 12.0. The van der Waals surface area contributed by atoms with Crippen LogP contribution in [-0.2, 0) is 11.3 Å². The van der Waals surface area contributed by atoms with Crippen LogP contribution in [0.4, 0.5) is 4.79 Å². The van der Waals surface area contributed by atoms with Crippen LogP contribution in [0.15, 0.2) is 30.3 Å². The van der Waals surface area contributed by atoms with Gasteiger partial charge in [0.2, 0.25) is 0 Å². The molecule has 0 saturated carbocycles. The molecule has 19 heavy (non-hydrogen) atoms. The summed E-state index contributed by atoms with van der Waals surface area (Å²) in [4.78, 5) is 13.7. The predicted molar refractivity (Wildman–Crippen MR) is 72.6 cm³/mol. The minimum atomic E-state index is -0.371. The van der Waals surface area contributed by atoms with Crippen LogP contribution in [0.1, 0.15) is 25.3 Å². The molecule has 1 fully saturated rings. The molecular formula is C15H21NO3. The van der Waals surface area contributed by atoms with Crippen molar-refractivity contribution in [1.29, 1.82) is 0 Å². The number of benzene rings is 1. The lowest BCUT2D eigenvalue weighted by molar-refractivity contribution is 0.0450. The van der Waals surface area contributed by atoms with Gasteiger partial charge in [0.1, 0.15) is 6.61 Å². The maximum absolute atomic E-state index is 12.0. The van der Waals surface area contributed by atoms with Crippen LogP contribution in [0.25, 0.3) is 0 Å². The first kappa shape index (κ1) is 13.9. The normalized spacial score (nSPS) is 20.9. The van der Waals surface area contributed by atoms with Crippen LogP contribution >= 0.6 is 0 Å². The molecular weight excluding hydrogens is 242 g/mol. The number of hydrogen-bond donors (Lipinski definition) is 1. The Morgan fingerprint density at radius 2 is 2.21 bits per heavy atom. The topological polar surface area (TPSA) is 49.8 Å². The molecule has 0 aliphatic carbocycles. The number of piperidine rings is 1. The third-order valence-electron chi connectivity index (χ3n) is 3.60. The third-order valence-corrected chi connectivity index (χ3v) is 3.60. The zero-order chi connectivity index (χ0) is 13.7. The van der Waals surface area contributed by atoms with Crippen molar-refractivity contribution in [2.45, 2.75) is 32.5 Å². The maximum Gasteiger partial charge on any atom is 0.410 e. The first-order valence-corrected chi connectivity index (χ1v) is 6.80. The van der Waals surface area contributed by atoms with E-state index < -0.39 is 0 Å². The molecule has 1 aromatic carbocycles. The van der Waals surface area contributed by atoms with Gasteiger partial charge in [-0.15, -0.1) is 0 Å². The Kier molecular flexibility index (Phi) is 4.80. The second-order valence-electron chi connectivity index (χ2n) is 5.13. The van der Waals surface area contributed by atoms with Gasteiger partial charge in [-0.25, -0.2) is 4.79 Å². The minimum absolute atomic E-state index is 0.165. The summed E-state index contributed by atoms with van der Waals surface area (Å²) in [6.45, 7) is 3.39. The summed E-state index contributed by atoms with van der Waals surface area (Å²) in [5.41, 5.74) is 0.986. The molecule has 0 aromatic heterocycles. The van der Waals surface area contributed by atoms with Crippen LogP contribution in [-0.4, -0.2) is 35.3 Å². The van der Waals surface area contributed by atoms with Gasteiger partial charge in [0.25, 0.3) is 0 Å². The highest BCUT2D eigenvalue weighted by molar-refractivity contribution is 5.67. The van der Waals surface area contributed by atoms with Crippen LogP contribution in [0.2, 0.25) is 0 Å². The number of carbonyl (C=O) groups is 1. The summed E-state index contributed by atoms with van der Waals surface area (Å²) >= 11 is 0. The Labute approximate surface area is 114 Å². The molecule has 0 bridgehead atoms. The highest BCUT2D eigenvalue weighted by Gasteiger charge is 2.27. The predicted octanol–water partition coefficient (Wildman–Crippen LogP) is 2.42. The van der Waals surface area contributed by atoms with E-state index in [2.05, 4.69) is 0 Å². The lowest BCUT2D eigenvalue weighted by atomic mass is 9.94. The molecule has 0 spiro atoms. The standard InChI is InChI=1S/C15H21NO3/c1-12(17)14-8-5-9-16(10-14)15(18)19-11-13-6-3-2-4-7-13/h2-4,6-7,12,14,17H,5,8-11H2,1H3/t12-,14?/m0/s1. The smallest absolute Gasteiger partial charge is 0.410 e. The Morgan fingerprint density at radius 3 is 2.89 bits per heavy atom. The zero-order valence-electron chi connectivity index (χ0n) is 11.3. The monoisotopic (exact) mass is 263 g/mol. The largest absolute Gasteiger partial charge is 0.445 e. The van der Waals surface area contributed by atoms with Gasteiger partial charge in [-0.3, -0.25) is 0 Å². The van der Waals surface area contributed by atoms with E-state index in [4.69, 9.17) is 4.74 Å². The fourth-order valence-corrected chi connectivity index (χ4v) is 2.38. The van der Waals surface area contributed by atoms with E-state index in [9.17, 15) is 9.90 Å².